The van der Waals surface area contributed by atoms with Gasteiger partial charge in [-0.2, -0.15) is 0 Å². The first kappa shape index (κ1) is 14.9. The molecule has 0 spiro atoms. The fourth-order valence-corrected chi connectivity index (χ4v) is 2.82. The quantitative estimate of drug-likeness (QED) is 0.763. The van der Waals surface area contributed by atoms with Crippen molar-refractivity contribution in [3.63, 3.8) is 0 Å². The summed E-state index contributed by atoms with van der Waals surface area (Å²) in [6, 6.07) is 7.80. The van der Waals surface area contributed by atoms with E-state index in [1.54, 1.807) is 18.2 Å². The number of carbonyl (C=O) groups is 2. The van der Waals surface area contributed by atoms with E-state index in [0.717, 1.165) is 0 Å². The average Bonchev–Trinajstić information content (AvgIpc) is 2.96. The van der Waals surface area contributed by atoms with Gasteiger partial charge in [0, 0.05) is 12.3 Å². The molecule has 3 rings (SSSR count). The number of amides is 1. The Morgan fingerprint density at radius 2 is 2.00 bits per heavy atom. The zero-order valence-electron chi connectivity index (χ0n) is 11.9. The van der Waals surface area contributed by atoms with E-state index in [2.05, 4.69) is 15.3 Å². The van der Waals surface area contributed by atoms with Gasteiger partial charge in [-0.15, -0.1) is 0 Å². The molecule has 0 bridgehead atoms. The minimum absolute atomic E-state index is 0.179. The van der Waals surface area contributed by atoms with Gasteiger partial charge in [0.2, 0.25) is 5.88 Å². The summed E-state index contributed by atoms with van der Waals surface area (Å²) >= 11 is 1.21. The third kappa shape index (κ3) is 3.11. The molecule has 1 aromatic carbocycles. The van der Waals surface area contributed by atoms with Gasteiger partial charge in [0.05, 0.1) is 28.5 Å². The molecule has 2 N–H and O–H groups in total. The Bertz CT molecular complexity index is 889. The highest BCUT2D eigenvalue weighted by atomic mass is 32.1. The molecule has 2 heterocycles. The number of carbonyl (C=O) groups excluding carboxylic acids is 1. The van der Waals surface area contributed by atoms with Crippen LogP contribution in [0, 0.1) is 0 Å². The molecule has 3 aromatic rings. The van der Waals surface area contributed by atoms with E-state index in [0.29, 0.717) is 26.8 Å². The number of methoxy groups -OCH3 is 1. The van der Waals surface area contributed by atoms with Crippen molar-refractivity contribution in [2.75, 3.05) is 12.4 Å². The smallest absolute Gasteiger partial charge is 0.335 e. The maximum atomic E-state index is 12.1. The number of anilines is 1. The third-order valence-corrected chi connectivity index (χ3v) is 4.00. The summed E-state index contributed by atoms with van der Waals surface area (Å²) in [5.74, 6) is -0.935. The number of hydrogen-bond acceptors (Lipinski definition) is 6. The van der Waals surface area contributed by atoms with Gasteiger partial charge in [-0.25, -0.2) is 14.8 Å². The largest absolute Gasteiger partial charge is 0.481 e. The number of thiazole rings is 1. The van der Waals surface area contributed by atoms with Crippen LogP contribution in [0.3, 0.4) is 0 Å². The van der Waals surface area contributed by atoms with Crippen LogP contribution < -0.4 is 10.1 Å². The zero-order valence-corrected chi connectivity index (χ0v) is 12.8. The summed E-state index contributed by atoms with van der Waals surface area (Å²) in [6.45, 7) is 0. The highest BCUT2D eigenvalue weighted by Crippen LogP contribution is 2.27. The number of pyridine rings is 1. The van der Waals surface area contributed by atoms with Crippen LogP contribution in [0.4, 0.5) is 5.13 Å². The molecule has 7 nitrogen and oxygen atoms in total. The van der Waals surface area contributed by atoms with Gasteiger partial charge in [-0.05, 0) is 24.3 Å². The van der Waals surface area contributed by atoms with E-state index in [4.69, 9.17) is 9.84 Å². The van der Waals surface area contributed by atoms with E-state index in [9.17, 15) is 9.59 Å². The van der Waals surface area contributed by atoms with Crippen LogP contribution in [0.25, 0.3) is 10.2 Å². The zero-order chi connectivity index (χ0) is 16.4. The Balaban J connectivity index is 1.82. The van der Waals surface area contributed by atoms with Crippen molar-refractivity contribution >= 4 is 38.6 Å². The number of benzene rings is 1. The average molecular weight is 329 g/mol. The molecule has 0 radical (unpaired) electrons. The molecule has 0 aliphatic rings. The van der Waals surface area contributed by atoms with E-state index in [1.165, 1.54) is 36.8 Å². The van der Waals surface area contributed by atoms with Crippen LogP contribution in [0.2, 0.25) is 0 Å². The highest BCUT2D eigenvalue weighted by molar-refractivity contribution is 7.22. The fourth-order valence-electron chi connectivity index (χ4n) is 1.92. The lowest BCUT2D eigenvalue weighted by Gasteiger charge is -2.02. The molecule has 0 atom stereocenters. The molecule has 0 fully saturated rings. The van der Waals surface area contributed by atoms with Crippen LogP contribution in [0.15, 0.2) is 36.5 Å². The standard InChI is InChI=1S/C15H11N3O4S/c1-22-12-5-3-9(7-16-12)13(19)18-15-17-10-4-2-8(14(20)21)6-11(10)23-15/h2-7H,1H3,(H,20,21)(H,17,18,19). The number of nitrogens with zero attached hydrogens (tertiary/aromatic N) is 2. The Morgan fingerprint density at radius 3 is 2.65 bits per heavy atom. The molecule has 2 aromatic heterocycles. The minimum Gasteiger partial charge on any atom is -0.481 e. The summed E-state index contributed by atoms with van der Waals surface area (Å²) in [5, 5.41) is 12.1. The van der Waals surface area contributed by atoms with Crippen molar-refractivity contribution in [1.29, 1.82) is 0 Å². The first-order valence-corrected chi connectivity index (χ1v) is 7.34. The summed E-state index contributed by atoms with van der Waals surface area (Å²) < 4.78 is 5.62. The predicted octanol–water partition coefficient (Wildman–Crippen LogP) is 2.65. The number of aromatic carboxylic acids is 1. The van der Waals surface area contributed by atoms with E-state index >= 15 is 0 Å². The number of ether oxygens (including phenoxy) is 1. The van der Waals surface area contributed by atoms with Crippen LogP contribution in [0.1, 0.15) is 20.7 Å². The van der Waals surface area contributed by atoms with Crippen molar-refractivity contribution in [2.24, 2.45) is 0 Å². The topological polar surface area (TPSA) is 101 Å². The van der Waals surface area contributed by atoms with Crippen LogP contribution in [0.5, 0.6) is 5.88 Å². The molecule has 0 aliphatic heterocycles. The Hall–Kier alpha value is -3.00. The summed E-state index contributed by atoms with van der Waals surface area (Å²) in [4.78, 5) is 31.3. The molecule has 0 unspecified atom stereocenters. The Labute approximate surface area is 134 Å². The normalized spacial score (nSPS) is 10.5. The fraction of sp³-hybridized carbons (Fsp3) is 0.0667. The number of fused-ring (bicyclic) bond motifs is 1. The second-order valence-electron chi connectivity index (χ2n) is 4.55. The van der Waals surface area contributed by atoms with Gasteiger partial charge < -0.3 is 9.84 Å². The summed E-state index contributed by atoms with van der Waals surface area (Å²) in [6.07, 6.45) is 1.41. The second-order valence-corrected chi connectivity index (χ2v) is 5.58. The van der Waals surface area contributed by atoms with Gasteiger partial charge in [0.25, 0.3) is 5.91 Å². The van der Waals surface area contributed by atoms with Crippen molar-refractivity contribution in [3.05, 3.63) is 47.7 Å². The molecule has 0 saturated carbocycles. The lowest BCUT2D eigenvalue weighted by molar-refractivity contribution is 0.0697. The molecule has 0 saturated heterocycles. The van der Waals surface area contributed by atoms with Crippen molar-refractivity contribution < 1.29 is 19.4 Å². The number of carboxylic acid groups (broad SMARTS) is 1. The monoisotopic (exact) mass is 329 g/mol. The number of hydrogen-bond donors (Lipinski definition) is 2. The third-order valence-electron chi connectivity index (χ3n) is 3.06. The summed E-state index contributed by atoms with van der Waals surface area (Å²) in [7, 11) is 1.49. The second kappa shape index (κ2) is 6.01. The number of aromatic nitrogens is 2. The predicted molar refractivity (Wildman–Crippen MR) is 85.3 cm³/mol. The van der Waals surface area contributed by atoms with Gasteiger partial charge >= 0.3 is 5.97 Å². The molecular formula is C15H11N3O4S. The van der Waals surface area contributed by atoms with E-state index in [1.807, 2.05) is 0 Å². The maximum absolute atomic E-state index is 12.1. The van der Waals surface area contributed by atoms with Crippen molar-refractivity contribution in [3.8, 4) is 5.88 Å². The Morgan fingerprint density at radius 1 is 1.22 bits per heavy atom. The molecule has 0 aliphatic carbocycles. The van der Waals surface area contributed by atoms with Gasteiger partial charge in [-0.1, -0.05) is 11.3 Å². The van der Waals surface area contributed by atoms with Gasteiger partial charge in [0.1, 0.15) is 0 Å². The van der Waals surface area contributed by atoms with E-state index in [-0.39, 0.29) is 11.5 Å². The van der Waals surface area contributed by atoms with Crippen LogP contribution in [-0.4, -0.2) is 34.1 Å². The first-order valence-electron chi connectivity index (χ1n) is 6.52. The lowest BCUT2D eigenvalue weighted by atomic mass is 10.2. The number of carboxylic acids is 1. The van der Waals surface area contributed by atoms with Crippen molar-refractivity contribution in [1.82, 2.24) is 9.97 Å². The molecule has 8 heteroatoms. The summed E-state index contributed by atoms with van der Waals surface area (Å²) in [5.41, 5.74) is 1.18. The molecule has 23 heavy (non-hydrogen) atoms. The maximum Gasteiger partial charge on any atom is 0.335 e. The molecule has 116 valence electrons. The SMILES string of the molecule is COc1ccc(C(=O)Nc2nc3ccc(C(=O)O)cc3s2)cn1. The number of rotatable bonds is 4. The van der Waals surface area contributed by atoms with E-state index < -0.39 is 5.97 Å². The first-order chi connectivity index (χ1) is 11.1. The lowest BCUT2D eigenvalue weighted by Crippen LogP contribution is -2.11. The van der Waals surface area contributed by atoms with Crippen LogP contribution >= 0.6 is 11.3 Å². The van der Waals surface area contributed by atoms with Crippen molar-refractivity contribution in [2.45, 2.75) is 0 Å². The van der Waals surface area contributed by atoms with Crippen LogP contribution in [-0.2, 0) is 0 Å². The molecular weight excluding hydrogens is 318 g/mol. The van der Waals surface area contributed by atoms with Gasteiger partial charge in [-0.3, -0.25) is 10.1 Å². The minimum atomic E-state index is -1.00. The highest BCUT2D eigenvalue weighted by Gasteiger charge is 2.12. The molecule has 1 amide bonds. The number of nitrogens with one attached hydrogen (secondary N) is 1. The van der Waals surface area contributed by atoms with Gasteiger partial charge in [0.15, 0.2) is 5.13 Å². The Kier molecular flexibility index (Phi) is 3.90.